The molecule has 2 aliphatic rings. The fourth-order valence-electron chi connectivity index (χ4n) is 3.46. The number of benzene rings is 1. The van der Waals surface area contributed by atoms with Gasteiger partial charge in [0, 0.05) is 43.4 Å². The van der Waals surface area contributed by atoms with E-state index >= 15 is 0 Å². The van der Waals surface area contributed by atoms with Crippen molar-refractivity contribution in [2.24, 2.45) is 5.92 Å². The van der Waals surface area contributed by atoms with Crippen molar-refractivity contribution in [2.75, 3.05) is 13.6 Å². The Morgan fingerprint density at radius 3 is 2.56 bits per heavy atom. The van der Waals surface area contributed by atoms with E-state index in [2.05, 4.69) is 12.6 Å². The number of carbonyl (C=O) groups excluding carboxylic acids is 3. The van der Waals surface area contributed by atoms with Crippen LogP contribution in [0.5, 0.6) is 0 Å². The molecule has 10 heteroatoms. The zero-order valence-corrected chi connectivity index (χ0v) is 15.5. The van der Waals surface area contributed by atoms with Crippen molar-refractivity contribution in [1.82, 2.24) is 9.80 Å². The third-order valence-electron chi connectivity index (χ3n) is 4.95. The lowest BCUT2D eigenvalue weighted by atomic mass is 9.96. The maximum absolute atomic E-state index is 12.5. The van der Waals surface area contributed by atoms with Gasteiger partial charge in [-0.05, 0) is 24.1 Å². The predicted molar refractivity (Wildman–Crippen MR) is 97.1 cm³/mol. The lowest BCUT2D eigenvalue weighted by Gasteiger charge is -2.27. The second-order valence-corrected chi connectivity index (χ2v) is 7.42. The van der Waals surface area contributed by atoms with Crippen LogP contribution in [0.3, 0.4) is 0 Å². The molecule has 0 saturated carbocycles. The molecule has 0 spiro atoms. The first-order valence-electron chi connectivity index (χ1n) is 8.43. The summed E-state index contributed by atoms with van der Waals surface area (Å²) in [5.74, 6) is -1.13. The first kappa shape index (κ1) is 19.2. The highest BCUT2D eigenvalue weighted by atomic mass is 32.1. The Balaban J connectivity index is 1.65. The lowest BCUT2D eigenvalue weighted by Crippen LogP contribution is -2.43. The average molecular weight is 393 g/mol. The molecule has 0 N–H and O–H groups in total. The van der Waals surface area contributed by atoms with Crippen LogP contribution in [0.4, 0.5) is 10.5 Å². The molecule has 144 valence electrons. The Morgan fingerprint density at radius 2 is 2.00 bits per heavy atom. The van der Waals surface area contributed by atoms with Crippen molar-refractivity contribution in [3.63, 3.8) is 0 Å². The number of imide groups is 1. The van der Waals surface area contributed by atoms with E-state index < -0.39 is 23.0 Å². The first-order valence-corrected chi connectivity index (χ1v) is 8.94. The lowest BCUT2D eigenvalue weighted by molar-refractivity contribution is -0.384. The van der Waals surface area contributed by atoms with Gasteiger partial charge in [-0.1, -0.05) is 0 Å². The molecule has 0 bridgehead atoms. The van der Waals surface area contributed by atoms with Crippen LogP contribution in [-0.4, -0.2) is 57.5 Å². The molecule has 2 heterocycles. The summed E-state index contributed by atoms with van der Waals surface area (Å²) in [6.07, 6.45) is -0.00963. The van der Waals surface area contributed by atoms with Crippen LogP contribution in [0.2, 0.25) is 0 Å². The Morgan fingerprint density at radius 1 is 1.33 bits per heavy atom. The fourth-order valence-corrected chi connectivity index (χ4v) is 3.85. The minimum Gasteiger partial charge on any atom is -0.445 e. The smallest absolute Gasteiger partial charge is 0.410 e. The van der Waals surface area contributed by atoms with Gasteiger partial charge >= 0.3 is 6.09 Å². The summed E-state index contributed by atoms with van der Waals surface area (Å²) in [5.41, 5.74) is 0.565. The van der Waals surface area contributed by atoms with Crippen LogP contribution < -0.4 is 0 Å². The third kappa shape index (κ3) is 3.90. The number of amides is 3. The summed E-state index contributed by atoms with van der Waals surface area (Å²) in [6.45, 7) is 0.281. The number of nitro groups is 1. The molecule has 0 radical (unpaired) electrons. The molecule has 3 atom stereocenters. The highest BCUT2D eigenvalue weighted by molar-refractivity contribution is 7.81. The summed E-state index contributed by atoms with van der Waals surface area (Å²) in [5, 5.41) is 10.6. The van der Waals surface area contributed by atoms with Crippen molar-refractivity contribution >= 4 is 36.2 Å². The maximum Gasteiger partial charge on any atom is 0.410 e. The van der Waals surface area contributed by atoms with Gasteiger partial charge in [0.2, 0.25) is 11.8 Å². The SMILES string of the molecule is CN1C(=O)CC([C@@H]2C[C@H](S)CN2C(=O)OCc2ccc([N+](=O)[O-])cc2)C1=O. The number of likely N-dealkylation sites (tertiary alicyclic amines) is 2. The normalized spacial score (nSPS) is 25.2. The van der Waals surface area contributed by atoms with Gasteiger partial charge in [0.25, 0.3) is 5.69 Å². The third-order valence-corrected chi connectivity index (χ3v) is 5.32. The van der Waals surface area contributed by atoms with Crippen LogP contribution in [0.25, 0.3) is 0 Å². The number of ether oxygens (including phenoxy) is 1. The first-order chi connectivity index (χ1) is 12.8. The zero-order chi connectivity index (χ0) is 19.7. The topological polar surface area (TPSA) is 110 Å². The Kier molecular flexibility index (Phi) is 5.36. The Hall–Kier alpha value is -2.62. The van der Waals surface area contributed by atoms with E-state index in [-0.39, 0.29) is 35.8 Å². The maximum atomic E-state index is 12.5. The van der Waals surface area contributed by atoms with Crippen LogP contribution in [-0.2, 0) is 20.9 Å². The number of nitro benzene ring substituents is 1. The summed E-state index contributed by atoms with van der Waals surface area (Å²) in [7, 11) is 1.44. The summed E-state index contributed by atoms with van der Waals surface area (Å²) in [6, 6.07) is 5.28. The molecule has 2 fully saturated rings. The van der Waals surface area contributed by atoms with Crippen LogP contribution >= 0.6 is 12.6 Å². The van der Waals surface area contributed by atoms with Gasteiger partial charge in [-0.25, -0.2) is 4.79 Å². The fraction of sp³-hybridized carbons (Fsp3) is 0.471. The van der Waals surface area contributed by atoms with Crippen molar-refractivity contribution in [3.8, 4) is 0 Å². The molecule has 27 heavy (non-hydrogen) atoms. The van der Waals surface area contributed by atoms with E-state index in [1.165, 1.54) is 36.2 Å². The zero-order valence-electron chi connectivity index (χ0n) is 14.6. The molecular formula is C17H19N3O6S. The standard InChI is InChI=1S/C17H19N3O6S/c1-18-15(21)7-13(16(18)22)14-6-12(27)8-19(14)17(23)26-9-10-2-4-11(5-3-10)20(24)25/h2-5,12-14,27H,6-9H2,1H3/t12-,13?,14-/m0/s1. The number of nitrogens with zero attached hydrogens (tertiary/aromatic N) is 3. The van der Waals surface area contributed by atoms with Crippen molar-refractivity contribution < 1.29 is 24.0 Å². The highest BCUT2D eigenvalue weighted by Crippen LogP contribution is 2.34. The number of rotatable bonds is 4. The minimum absolute atomic E-state index is 0.0452. The molecule has 1 aromatic rings. The highest BCUT2D eigenvalue weighted by Gasteiger charge is 2.48. The van der Waals surface area contributed by atoms with Crippen molar-refractivity contribution in [2.45, 2.75) is 30.7 Å². The molecule has 1 unspecified atom stereocenters. The largest absolute Gasteiger partial charge is 0.445 e. The van der Waals surface area contributed by atoms with Gasteiger partial charge in [0.05, 0.1) is 10.8 Å². The molecular weight excluding hydrogens is 374 g/mol. The van der Waals surface area contributed by atoms with Crippen LogP contribution in [0, 0.1) is 16.0 Å². The van der Waals surface area contributed by atoms with Gasteiger partial charge in [-0.3, -0.25) is 24.6 Å². The second kappa shape index (κ2) is 7.55. The van der Waals surface area contributed by atoms with E-state index in [9.17, 15) is 24.5 Å². The molecule has 0 aromatic heterocycles. The van der Waals surface area contributed by atoms with E-state index in [1.807, 2.05) is 0 Å². The summed E-state index contributed by atoms with van der Waals surface area (Å²) >= 11 is 4.42. The van der Waals surface area contributed by atoms with Crippen LogP contribution in [0.15, 0.2) is 24.3 Å². The molecule has 2 aliphatic heterocycles. The van der Waals surface area contributed by atoms with E-state index in [0.29, 0.717) is 18.5 Å². The average Bonchev–Trinajstić information content (AvgIpc) is 3.15. The van der Waals surface area contributed by atoms with E-state index in [1.54, 1.807) is 0 Å². The quantitative estimate of drug-likeness (QED) is 0.360. The van der Waals surface area contributed by atoms with Gasteiger partial charge in [0.15, 0.2) is 0 Å². The van der Waals surface area contributed by atoms with Gasteiger partial charge < -0.3 is 9.64 Å². The molecule has 1 aromatic carbocycles. The molecule has 3 rings (SSSR count). The predicted octanol–water partition coefficient (Wildman–Crippen LogP) is 1.61. The number of hydrogen-bond acceptors (Lipinski definition) is 7. The van der Waals surface area contributed by atoms with Gasteiger partial charge in [0.1, 0.15) is 6.61 Å². The summed E-state index contributed by atoms with van der Waals surface area (Å²) in [4.78, 5) is 49.3. The van der Waals surface area contributed by atoms with Crippen molar-refractivity contribution in [1.29, 1.82) is 0 Å². The van der Waals surface area contributed by atoms with Crippen LogP contribution in [0.1, 0.15) is 18.4 Å². The minimum atomic E-state index is -0.593. The van der Waals surface area contributed by atoms with Gasteiger partial charge in [-0.2, -0.15) is 12.6 Å². The number of carbonyl (C=O) groups is 3. The molecule has 0 aliphatic carbocycles. The number of hydrogen-bond donors (Lipinski definition) is 1. The Bertz CT molecular complexity index is 783. The van der Waals surface area contributed by atoms with Crippen molar-refractivity contribution in [3.05, 3.63) is 39.9 Å². The molecule has 9 nitrogen and oxygen atoms in total. The Labute approximate surface area is 160 Å². The second-order valence-electron chi connectivity index (χ2n) is 6.69. The van der Waals surface area contributed by atoms with Gasteiger partial charge in [-0.15, -0.1) is 0 Å². The van der Waals surface area contributed by atoms with E-state index in [0.717, 1.165) is 4.90 Å². The van der Waals surface area contributed by atoms with E-state index in [4.69, 9.17) is 4.74 Å². The molecule has 2 saturated heterocycles. The monoisotopic (exact) mass is 393 g/mol. The molecule has 3 amide bonds. The number of thiol groups is 1. The number of non-ortho nitro benzene ring substituents is 1. The summed E-state index contributed by atoms with van der Waals surface area (Å²) < 4.78 is 5.31.